The molecule has 0 aliphatic rings. The van der Waals surface area contributed by atoms with Gasteiger partial charge in [0.15, 0.2) is 5.78 Å². The maximum absolute atomic E-state index is 11.4. The number of carbonyl (C=O) groups is 2. The van der Waals surface area contributed by atoms with Gasteiger partial charge in [-0.3, -0.25) is 4.79 Å². The van der Waals surface area contributed by atoms with Gasteiger partial charge in [-0.25, -0.2) is 4.79 Å². The Morgan fingerprint density at radius 1 is 1.29 bits per heavy atom. The lowest BCUT2D eigenvalue weighted by molar-refractivity contribution is -0.163. The molecule has 0 saturated carbocycles. The molecule has 8 nitrogen and oxygen atoms in total. The van der Waals surface area contributed by atoms with Gasteiger partial charge in [0.2, 0.25) is 5.54 Å². The van der Waals surface area contributed by atoms with Crippen molar-refractivity contribution in [1.82, 2.24) is 0 Å². The van der Waals surface area contributed by atoms with E-state index in [4.69, 9.17) is 21.1 Å². The summed E-state index contributed by atoms with van der Waals surface area (Å²) in [6.07, 6.45) is -6.33. The largest absolute Gasteiger partial charge is 0.479 e. The summed E-state index contributed by atoms with van der Waals surface area (Å²) < 4.78 is 0. The highest BCUT2D eigenvalue weighted by Crippen LogP contribution is 2.17. The summed E-state index contributed by atoms with van der Waals surface area (Å²) in [4.78, 5) is 22.3. The number of carboxylic acids is 1. The number of nitrogens with two attached hydrogens (primary N) is 1. The lowest BCUT2D eigenvalue weighted by Gasteiger charge is -2.32. The molecule has 0 rings (SSSR count). The molecule has 4 atom stereocenters. The zero-order valence-electron chi connectivity index (χ0n) is 9.28. The molecular weight excluding hydrogens is 234 g/mol. The van der Waals surface area contributed by atoms with E-state index < -0.39 is 42.2 Å². The lowest BCUT2D eigenvalue weighted by Crippen LogP contribution is -2.67. The molecule has 0 unspecified atom stereocenters. The fourth-order valence-corrected chi connectivity index (χ4v) is 1.29. The van der Waals surface area contributed by atoms with Gasteiger partial charge in [-0.05, 0) is 0 Å². The molecular formula is C9H17NO7. The number of rotatable bonds is 7. The van der Waals surface area contributed by atoms with Crippen molar-refractivity contribution in [1.29, 1.82) is 0 Å². The predicted octanol–water partition coefficient (Wildman–Crippen LogP) is -3.18. The Morgan fingerprint density at radius 2 is 1.76 bits per heavy atom. The molecule has 0 radical (unpaired) electrons. The zero-order chi connectivity index (χ0) is 13.8. The topological polar surface area (TPSA) is 161 Å². The molecule has 0 bridgehead atoms. The zero-order valence-corrected chi connectivity index (χ0v) is 9.28. The molecule has 0 heterocycles. The minimum atomic E-state index is -2.72. The number of hydrogen-bond acceptors (Lipinski definition) is 7. The molecule has 0 aromatic heterocycles. The third-order valence-corrected chi connectivity index (χ3v) is 2.51. The van der Waals surface area contributed by atoms with Crippen LogP contribution in [0.3, 0.4) is 0 Å². The van der Waals surface area contributed by atoms with Crippen molar-refractivity contribution >= 4 is 11.8 Å². The molecule has 8 heteroatoms. The quantitative estimate of drug-likeness (QED) is 0.258. The summed E-state index contributed by atoms with van der Waals surface area (Å²) in [7, 11) is 0. The van der Waals surface area contributed by atoms with Crippen LogP contribution in [0.2, 0.25) is 0 Å². The van der Waals surface area contributed by atoms with E-state index in [-0.39, 0.29) is 6.42 Å². The van der Waals surface area contributed by atoms with Crippen molar-refractivity contribution in [2.75, 3.05) is 6.61 Å². The lowest BCUT2D eigenvalue weighted by atomic mass is 9.83. The highest BCUT2D eigenvalue weighted by atomic mass is 16.4. The molecule has 100 valence electrons. The third kappa shape index (κ3) is 2.99. The summed E-state index contributed by atoms with van der Waals surface area (Å²) in [6.45, 7) is 0.433. The Labute approximate surface area is 97.3 Å². The standard InChI is InChI=1S/C9H17NO7/c1-2-5(13)9(10,8(16)17)7(15)6(14)4(12)3-11/h4,6-7,11-12,14-15H,2-3,10H2,1H3,(H,16,17)/t4-,6-,7+,9-/m1/s1. The summed E-state index contributed by atoms with van der Waals surface area (Å²) in [5.41, 5.74) is 2.56. The number of carbonyl (C=O) groups excluding carboxylic acids is 1. The van der Waals surface area contributed by atoms with E-state index in [1.54, 1.807) is 0 Å². The number of aliphatic hydroxyl groups is 4. The van der Waals surface area contributed by atoms with E-state index in [0.29, 0.717) is 0 Å². The van der Waals surface area contributed by atoms with Crippen molar-refractivity contribution in [2.24, 2.45) is 5.73 Å². The van der Waals surface area contributed by atoms with Gasteiger partial charge >= 0.3 is 5.97 Å². The van der Waals surface area contributed by atoms with Crippen LogP contribution in [-0.2, 0) is 9.59 Å². The number of aliphatic carboxylic acids is 1. The first-order valence-electron chi connectivity index (χ1n) is 4.94. The maximum atomic E-state index is 11.4. The van der Waals surface area contributed by atoms with Crippen LogP contribution < -0.4 is 5.73 Å². The fourth-order valence-electron chi connectivity index (χ4n) is 1.29. The molecule has 7 N–H and O–H groups in total. The SMILES string of the molecule is CCC(=O)[C@](N)(C(=O)O)[C@@H](O)[C@H](O)[C@H](O)CO. The van der Waals surface area contributed by atoms with Crippen LogP contribution in [0.4, 0.5) is 0 Å². The molecule has 0 aliphatic heterocycles. The third-order valence-electron chi connectivity index (χ3n) is 2.51. The van der Waals surface area contributed by atoms with Crippen LogP contribution >= 0.6 is 0 Å². The minimum Gasteiger partial charge on any atom is -0.479 e. The Hall–Kier alpha value is -1.06. The molecule has 0 fully saturated rings. The van der Waals surface area contributed by atoms with Crippen molar-refractivity contribution in [2.45, 2.75) is 37.2 Å². The maximum Gasteiger partial charge on any atom is 0.334 e. The number of hydrogen-bond donors (Lipinski definition) is 6. The van der Waals surface area contributed by atoms with E-state index in [9.17, 15) is 19.8 Å². The Balaban J connectivity index is 5.21. The molecule has 17 heavy (non-hydrogen) atoms. The smallest absolute Gasteiger partial charge is 0.334 e. The highest BCUT2D eigenvalue weighted by Gasteiger charge is 2.51. The van der Waals surface area contributed by atoms with Crippen molar-refractivity contribution < 1.29 is 35.1 Å². The van der Waals surface area contributed by atoms with Crippen molar-refractivity contribution in [3.8, 4) is 0 Å². The average molecular weight is 251 g/mol. The van der Waals surface area contributed by atoms with E-state index in [1.165, 1.54) is 6.92 Å². The molecule has 0 saturated heterocycles. The first-order valence-corrected chi connectivity index (χ1v) is 4.94. The summed E-state index contributed by atoms with van der Waals surface area (Å²) in [6, 6.07) is 0. The molecule has 0 spiro atoms. The van der Waals surface area contributed by atoms with Gasteiger partial charge in [0, 0.05) is 6.42 Å². The average Bonchev–Trinajstić information content (AvgIpc) is 2.33. The monoisotopic (exact) mass is 251 g/mol. The van der Waals surface area contributed by atoms with E-state index >= 15 is 0 Å². The van der Waals surface area contributed by atoms with Gasteiger partial charge in [0.25, 0.3) is 0 Å². The van der Waals surface area contributed by atoms with Crippen molar-refractivity contribution in [3.05, 3.63) is 0 Å². The van der Waals surface area contributed by atoms with E-state index in [2.05, 4.69) is 0 Å². The number of Topliss-reactive ketones (excluding diaryl/α,β-unsaturated/α-hetero) is 1. The van der Waals surface area contributed by atoms with Crippen LogP contribution in [-0.4, -0.2) is 67.7 Å². The van der Waals surface area contributed by atoms with Gasteiger partial charge < -0.3 is 31.3 Å². The highest BCUT2D eigenvalue weighted by molar-refractivity contribution is 6.08. The minimum absolute atomic E-state index is 0.262. The second-order valence-electron chi connectivity index (χ2n) is 3.64. The van der Waals surface area contributed by atoms with Crippen LogP contribution in [0.1, 0.15) is 13.3 Å². The summed E-state index contributed by atoms with van der Waals surface area (Å²) >= 11 is 0. The predicted molar refractivity (Wildman–Crippen MR) is 55.0 cm³/mol. The molecule has 0 amide bonds. The summed E-state index contributed by atoms with van der Waals surface area (Å²) in [5.74, 6) is -2.82. The second kappa shape index (κ2) is 6.03. The Morgan fingerprint density at radius 3 is 2.06 bits per heavy atom. The second-order valence-corrected chi connectivity index (χ2v) is 3.64. The fraction of sp³-hybridized carbons (Fsp3) is 0.778. The van der Waals surface area contributed by atoms with Crippen LogP contribution in [0.15, 0.2) is 0 Å². The first kappa shape index (κ1) is 15.9. The van der Waals surface area contributed by atoms with Crippen molar-refractivity contribution in [3.63, 3.8) is 0 Å². The summed E-state index contributed by atoms with van der Waals surface area (Å²) in [5, 5.41) is 45.4. The molecule has 0 aliphatic carbocycles. The molecule has 0 aromatic rings. The Kier molecular flexibility index (Phi) is 5.66. The normalized spacial score (nSPS) is 20.1. The first-order chi connectivity index (χ1) is 7.73. The molecule has 0 aromatic carbocycles. The van der Waals surface area contributed by atoms with Gasteiger partial charge in [-0.2, -0.15) is 0 Å². The van der Waals surface area contributed by atoms with Crippen LogP contribution in [0, 0.1) is 0 Å². The van der Waals surface area contributed by atoms with E-state index in [0.717, 1.165) is 0 Å². The van der Waals surface area contributed by atoms with Gasteiger partial charge in [-0.1, -0.05) is 6.92 Å². The number of aliphatic hydroxyl groups excluding tert-OH is 4. The van der Waals surface area contributed by atoms with E-state index in [1.807, 2.05) is 0 Å². The van der Waals surface area contributed by atoms with Crippen LogP contribution in [0.5, 0.6) is 0 Å². The van der Waals surface area contributed by atoms with Gasteiger partial charge in [0.05, 0.1) is 6.61 Å². The van der Waals surface area contributed by atoms with Gasteiger partial charge in [0.1, 0.15) is 18.3 Å². The van der Waals surface area contributed by atoms with Crippen LogP contribution in [0.25, 0.3) is 0 Å². The number of carboxylic acid groups (broad SMARTS) is 1. The Bertz CT molecular complexity index is 295. The van der Waals surface area contributed by atoms with Gasteiger partial charge in [-0.15, -0.1) is 0 Å². The number of ketones is 1.